The average molecular weight is 560 g/mol. The van der Waals surface area contributed by atoms with Crippen LogP contribution >= 0.6 is 11.6 Å². The highest BCUT2D eigenvalue weighted by atomic mass is 35.5. The third kappa shape index (κ3) is 5.92. The van der Waals surface area contributed by atoms with E-state index in [1.54, 1.807) is 24.3 Å². The Kier molecular flexibility index (Phi) is 8.53. The summed E-state index contributed by atoms with van der Waals surface area (Å²) in [5.74, 6) is 0.300. The standard InChI is InChI=1S/C27H30ClN3O6S/c1-35-24-12-6-19(28)16-23(24)31(38(33,34)22-11-13-25(36-2)26(17-22)37-3)18-27(32)29-20-7-9-21(10-8-20)30-14-4-5-15-30/h6-13,16-17H,4-5,14-15,18H2,1-3H3,(H,29,32). The van der Waals surface area contributed by atoms with Crippen molar-refractivity contribution in [1.82, 2.24) is 0 Å². The number of amides is 1. The Morgan fingerprint density at radius 3 is 2.16 bits per heavy atom. The molecule has 0 aliphatic carbocycles. The molecule has 1 fully saturated rings. The van der Waals surface area contributed by atoms with E-state index in [2.05, 4.69) is 10.2 Å². The summed E-state index contributed by atoms with van der Waals surface area (Å²) in [6.07, 6.45) is 2.33. The number of ether oxygens (including phenoxy) is 3. The fourth-order valence-corrected chi connectivity index (χ4v) is 5.93. The Bertz CT molecular complexity index is 1390. The Balaban J connectivity index is 1.66. The van der Waals surface area contributed by atoms with Crippen LogP contribution in [0.5, 0.6) is 17.2 Å². The number of nitrogens with one attached hydrogen (secondary N) is 1. The molecule has 9 nitrogen and oxygen atoms in total. The third-order valence-corrected chi connectivity index (χ3v) is 8.25. The minimum Gasteiger partial charge on any atom is -0.495 e. The topological polar surface area (TPSA) is 97.4 Å². The number of sulfonamides is 1. The molecule has 0 bridgehead atoms. The highest BCUT2D eigenvalue weighted by Gasteiger charge is 2.31. The van der Waals surface area contributed by atoms with Crippen LogP contribution in [0.3, 0.4) is 0 Å². The third-order valence-electron chi connectivity index (χ3n) is 6.26. The van der Waals surface area contributed by atoms with Gasteiger partial charge in [0, 0.05) is 35.6 Å². The van der Waals surface area contributed by atoms with Gasteiger partial charge < -0.3 is 24.4 Å². The summed E-state index contributed by atoms with van der Waals surface area (Å²) in [4.78, 5) is 15.4. The summed E-state index contributed by atoms with van der Waals surface area (Å²) in [7, 11) is 0.00479. The number of nitrogens with zero attached hydrogens (tertiary/aromatic N) is 2. The van der Waals surface area contributed by atoms with E-state index in [1.807, 2.05) is 12.1 Å². The van der Waals surface area contributed by atoms with E-state index in [0.29, 0.717) is 11.4 Å². The van der Waals surface area contributed by atoms with Crippen molar-refractivity contribution >= 4 is 44.6 Å². The molecule has 0 aromatic heterocycles. The molecule has 3 aromatic rings. The molecule has 1 amide bonds. The van der Waals surface area contributed by atoms with Gasteiger partial charge in [-0.1, -0.05) is 11.6 Å². The average Bonchev–Trinajstić information content (AvgIpc) is 3.46. The second-order valence-electron chi connectivity index (χ2n) is 8.63. The van der Waals surface area contributed by atoms with Gasteiger partial charge in [-0.3, -0.25) is 9.10 Å². The summed E-state index contributed by atoms with van der Waals surface area (Å²) in [6.45, 7) is 1.49. The van der Waals surface area contributed by atoms with Crippen molar-refractivity contribution in [3.8, 4) is 17.2 Å². The zero-order valence-electron chi connectivity index (χ0n) is 21.4. The number of carbonyl (C=O) groups excluding carboxylic acids is 1. The van der Waals surface area contributed by atoms with Crippen molar-refractivity contribution in [2.24, 2.45) is 0 Å². The Morgan fingerprint density at radius 2 is 1.53 bits per heavy atom. The van der Waals surface area contributed by atoms with Gasteiger partial charge in [0.15, 0.2) is 11.5 Å². The molecule has 4 rings (SSSR count). The van der Waals surface area contributed by atoms with Gasteiger partial charge in [0.25, 0.3) is 10.0 Å². The summed E-state index contributed by atoms with van der Waals surface area (Å²) in [5, 5.41) is 3.08. The molecule has 0 radical (unpaired) electrons. The molecule has 0 unspecified atom stereocenters. The normalized spacial score (nSPS) is 13.2. The van der Waals surface area contributed by atoms with Crippen LogP contribution in [0.15, 0.2) is 65.6 Å². The number of carbonyl (C=O) groups is 1. The lowest BCUT2D eigenvalue weighted by molar-refractivity contribution is -0.114. The minimum absolute atomic E-state index is 0.0973. The molecule has 1 aliphatic rings. The van der Waals surface area contributed by atoms with Crippen LogP contribution in [0.1, 0.15) is 12.8 Å². The molecule has 3 aromatic carbocycles. The molecular formula is C27H30ClN3O6S. The molecule has 0 atom stereocenters. The van der Waals surface area contributed by atoms with E-state index >= 15 is 0 Å². The Hall–Kier alpha value is -3.63. The maximum atomic E-state index is 13.9. The first-order valence-electron chi connectivity index (χ1n) is 12.0. The fourth-order valence-electron chi connectivity index (χ4n) is 4.32. The highest BCUT2D eigenvalue weighted by Crippen LogP contribution is 2.37. The second-order valence-corrected chi connectivity index (χ2v) is 10.9. The van der Waals surface area contributed by atoms with Gasteiger partial charge >= 0.3 is 0 Å². The van der Waals surface area contributed by atoms with E-state index in [1.165, 1.54) is 45.6 Å². The molecular weight excluding hydrogens is 530 g/mol. The van der Waals surface area contributed by atoms with Crippen LogP contribution in [0.25, 0.3) is 0 Å². The number of hydrogen-bond acceptors (Lipinski definition) is 7. The number of hydrogen-bond donors (Lipinski definition) is 1. The summed E-state index contributed by atoms with van der Waals surface area (Å²) < 4.78 is 44.7. The second kappa shape index (κ2) is 11.8. The van der Waals surface area contributed by atoms with E-state index in [0.717, 1.165) is 35.9 Å². The van der Waals surface area contributed by atoms with Gasteiger partial charge in [-0.2, -0.15) is 0 Å². The van der Waals surface area contributed by atoms with Gasteiger partial charge in [0.2, 0.25) is 5.91 Å². The predicted molar refractivity (Wildman–Crippen MR) is 149 cm³/mol. The first-order chi connectivity index (χ1) is 18.3. The smallest absolute Gasteiger partial charge is 0.265 e. The van der Waals surface area contributed by atoms with Crippen LogP contribution in [0.2, 0.25) is 5.02 Å². The summed E-state index contributed by atoms with van der Waals surface area (Å²) in [6, 6.07) is 16.3. The lowest BCUT2D eigenvalue weighted by Gasteiger charge is -2.26. The van der Waals surface area contributed by atoms with Gasteiger partial charge in [0.1, 0.15) is 12.3 Å². The van der Waals surface area contributed by atoms with Gasteiger partial charge in [-0.05, 0) is 67.4 Å². The SMILES string of the molecule is COc1ccc(S(=O)(=O)N(CC(=O)Nc2ccc(N3CCCC3)cc2)c2cc(Cl)ccc2OC)cc1OC. The van der Waals surface area contributed by atoms with Crippen molar-refractivity contribution < 1.29 is 27.4 Å². The zero-order valence-corrected chi connectivity index (χ0v) is 23.0. The molecule has 1 saturated heterocycles. The monoisotopic (exact) mass is 559 g/mol. The Morgan fingerprint density at radius 1 is 0.895 bits per heavy atom. The molecule has 1 heterocycles. The largest absolute Gasteiger partial charge is 0.495 e. The van der Waals surface area contributed by atoms with Crippen molar-refractivity contribution in [1.29, 1.82) is 0 Å². The molecule has 38 heavy (non-hydrogen) atoms. The van der Waals surface area contributed by atoms with Gasteiger partial charge in [-0.15, -0.1) is 0 Å². The molecule has 1 aliphatic heterocycles. The van der Waals surface area contributed by atoms with E-state index in [4.69, 9.17) is 25.8 Å². The zero-order chi connectivity index (χ0) is 27.3. The van der Waals surface area contributed by atoms with Crippen molar-refractivity contribution in [3.63, 3.8) is 0 Å². The number of halogens is 1. The number of methoxy groups -OCH3 is 3. The molecule has 202 valence electrons. The van der Waals surface area contributed by atoms with Crippen LogP contribution in [-0.4, -0.2) is 55.3 Å². The first-order valence-corrected chi connectivity index (χ1v) is 13.8. The lowest BCUT2D eigenvalue weighted by Crippen LogP contribution is -2.38. The maximum absolute atomic E-state index is 13.9. The van der Waals surface area contributed by atoms with Crippen LogP contribution in [0.4, 0.5) is 17.1 Å². The lowest BCUT2D eigenvalue weighted by atomic mass is 10.2. The molecule has 11 heteroatoms. The molecule has 1 N–H and O–H groups in total. The van der Waals surface area contributed by atoms with Crippen molar-refractivity contribution in [2.75, 3.05) is 55.5 Å². The summed E-state index contributed by atoms with van der Waals surface area (Å²) >= 11 is 6.22. The molecule has 0 saturated carbocycles. The van der Waals surface area contributed by atoms with E-state index in [-0.39, 0.29) is 27.1 Å². The van der Waals surface area contributed by atoms with E-state index < -0.39 is 22.5 Å². The van der Waals surface area contributed by atoms with Crippen molar-refractivity contribution in [2.45, 2.75) is 17.7 Å². The van der Waals surface area contributed by atoms with Crippen molar-refractivity contribution in [3.05, 3.63) is 65.7 Å². The highest BCUT2D eigenvalue weighted by molar-refractivity contribution is 7.92. The van der Waals surface area contributed by atoms with Gasteiger partial charge in [-0.25, -0.2) is 8.42 Å². The first kappa shape index (κ1) is 27.4. The predicted octanol–water partition coefficient (Wildman–Crippen LogP) is 4.80. The number of rotatable bonds is 10. The van der Waals surface area contributed by atoms with Gasteiger partial charge in [0.05, 0.1) is 31.9 Å². The fraction of sp³-hybridized carbons (Fsp3) is 0.296. The van der Waals surface area contributed by atoms with Crippen LogP contribution < -0.4 is 28.7 Å². The Labute approximate surface area is 227 Å². The van der Waals surface area contributed by atoms with Crippen LogP contribution in [0, 0.1) is 0 Å². The van der Waals surface area contributed by atoms with Crippen LogP contribution in [-0.2, 0) is 14.8 Å². The maximum Gasteiger partial charge on any atom is 0.265 e. The summed E-state index contributed by atoms with van der Waals surface area (Å²) in [5.41, 5.74) is 1.76. The minimum atomic E-state index is -4.27. The quantitative estimate of drug-likeness (QED) is 0.381. The van der Waals surface area contributed by atoms with E-state index in [9.17, 15) is 13.2 Å². The number of benzene rings is 3. The number of anilines is 3. The molecule has 0 spiro atoms.